The number of fused-ring (bicyclic) bond motifs is 3. The van der Waals surface area contributed by atoms with Crippen LogP contribution in [-0.4, -0.2) is 45.7 Å². The number of nitrogens with two attached hydrogens (primary N) is 1. The van der Waals surface area contributed by atoms with Crippen molar-refractivity contribution in [2.45, 2.75) is 6.73 Å². The lowest BCUT2D eigenvalue weighted by molar-refractivity contribution is 0.0950. The number of hydrogen-bond donors (Lipinski definition) is 1. The van der Waals surface area contributed by atoms with Crippen LogP contribution in [-0.2, 0) is 11.5 Å². The first-order chi connectivity index (χ1) is 10.5. The van der Waals surface area contributed by atoms with Gasteiger partial charge in [0, 0.05) is 22.7 Å². The van der Waals surface area contributed by atoms with Gasteiger partial charge in [-0.25, -0.2) is 20.0 Å². The Morgan fingerprint density at radius 2 is 2.05 bits per heavy atom. The molecule has 0 fully saturated rings. The molecule has 0 atom stereocenters. The van der Waals surface area contributed by atoms with Crippen molar-refractivity contribution in [1.29, 1.82) is 0 Å². The van der Waals surface area contributed by atoms with Crippen molar-refractivity contribution >= 4 is 37.8 Å². The number of anilines is 1. The van der Waals surface area contributed by atoms with Crippen LogP contribution in [0.5, 0.6) is 0 Å². The minimum Gasteiger partial charge on any atom is -0.384 e. The van der Waals surface area contributed by atoms with Crippen LogP contribution in [0.1, 0.15) is 0 Å². The molecule has 3 aromatic rings. The van der Waals surface area contributed by atoms with Crippen LogP contribution in [0.3, 0.4) is 0 Å². The third-order valence-electron chi connectivity index (χ3n) is 3.59. The van der Waals surface area contributed by atoms with Gasteiger partial charge in [-0.3, -0.25) is 4.57 Å². The van der Waals surface area contributed by atoms with Gasteiger partial charge in [-0.1, -0.05) is 0 Å². The highest BCUT2D eigenvalue weighted by molar-refractivity contribution is 8.32. The van der Waals surface area contributed by atoms with E-state index < -0.39 is 10.0 Å². The summed E-state index contributed by atoms with van der Waals surface area (Å²) in [7, 11) is -0.535. The Bertz CT molecular complexity index is 807. The molecule has 0 aliphatic heterocycles. The van der Waals surface area contributed by atoms with Crippen molar-refractivity contribution < 1.29 is 4.74 Å². The molecule has 3 heterocycles. The number of rotatable bonds is 5. The van der Waals surface area contributed by atoms with E-state index in [9.17, 15) is 0 Å². The Labute approximate surface area is 131 Å². The highest BCUT2D eigenvalue weighted by Gasteiger charge is 2.12. The van der Waals surface area contributed by atoms with Gasteiger partial charge in [-0.2, -0.15) is 0 Å². The lowest BCUT2D eigenvalue weighted by atomic mass is 10.2. The van der Waals surface area contributed by atoms with E-state index in [1.165, 1.54) is 0 Å². The summed E-state index contributed by atoms with van der Waals surface area (Å²) in [6, 6.07) is 5.89. The molecule has 0 radical (unpaired) electrons. The number of nitrogen functional groups attached to an aromatic ring is 1. The van der Waals surface area contributed by atoms with E-state index in [2.05, 4.69) is 39.4 Å². The molecule has 0 aromatic carbocycles. The second-order valence-corrected chi connectivity index (χ2v) is 10.9. The van der Waals surface area contributed by atoms with Crippen LogP contribution in [0.15, 0.2) is 30.6 Å². The summed E-state index contributed by atoms with van der Waals surface area (Å²) >= 11 is 0. The molecule has 6 heteroatoms. The molecular formula is C16H22N4OS. The minimum absolute atomic E-state index is 0.484. The van der Waals surface area contributed by atoms with E-state index in [-0.39, 0.29) is 0 Å². The molecule has 0 bridgehead atoms. The van der Waals surface area contributed by atoms with Crippen LogP contribution in [0.25, 0.3) is 21.9 Å². The van der Waals surface area contributed by atoms with Crippen molar-refractivity contribution in [2.24, 2.45) is 0 Å². The average molecular weight is 318 g/mol. The molecule has 0 aliphatic rings. The summed E-state index contributed by atoms with van der Waals surface area (Å²) in [4.78, 5) is 8.70. The van der Waals surface area contributed by atoms with Gasteiger partial charge in [-0.05, 0) is 37.0 Å². The summed E-state index contributed by atoms with van der Waals surface area (Å²) in [5.41, 5.74) is 7.74. The van der Waals surface area contributed by atoms with E-state index in [0.717, 1.165) is 34.3 Å². The Morgan fingerprint density at radius 3 is 2.82 bits per heavy atom. The lowest BCUT2D eigenvalue weighted by Gasteiger charge is -2.24. The molecule has 0 aliphatic carbocycles. The maximum Gasteiger partial charge on any atom is 0.142 e. The summed E-state index contributed by atoms with van der Waals surface area (Å²) in [6.07, 6.45) is 10.5. The number of aromatic nitrogens is 3. The standard InChI is InChI=1S/C16H22N4OS/c1-22(2,3)8-7-21-11-20-14-10-19-15(17)9-13(14)12-5-4-6-18-16(12)20/h4-6,9-10H,7-8,11H2,1-3H3,(H2,17,19). The zero-order valence-electron chi connectivity index (χ0n) is 13.2. The first kappa shape index (κ1) is 15.1. The topological polar surface area (TPSA) is 66.0 Å². The second-order valence-electron chi connectivity index (χ2n) is 6.26. The Hall–Kier alpha value is -1.79. The van der Waals surface area contributed by atoms with E-state index in [0.29, 0.717) is 12.5 Å². The number of pyridine rings is 2. The Morgan fingerprint density at radius 1 is 1.23 bits per heavy atom. The first-order valence-corrected chi connectivity index (χ1v) is 10.2. The third-order valence-corrected chi connectivity index (χ3v) is 4.98. The fourth-order valence-corrected chi connectivity index (χ4v) is 3.04. The average Bonchev–Trinajstić information content (AvgIpc) is 2.76. The smallest absolute Gasteiger partial charge is 0.142 e. The van der Waals surface area contributed by atoms with Gasteiger partial charge < -0.3 is 10.5 Å². The molecule has 2 N–H and O–H groups in total. The predicted octanol–water partition coefficient (Wildman–Crippen LogP) is 2.83. The maximum absolute atomic E-state index is 5.89. The van der Waals surface area contributed by atoms with Crippen molar-refractivity contribution in [3.63, 3.8) is 0 Å². The molecule has 5 nitrogen and oxygen atoms in total. The largest absolute Gasteiger partial charge is 0.384 e. The highest BCUT2D eigenvalue weighted by Crippen LogP contribution is 2.33. The second kappa shape index (κ2) is 5.78. The van der Waals surface area contributed by atoms with E-state index in [1.54, 1.807) is 12.4 Å². The predicted molar refractivity (Wildman–Crippen MR) is 95.6 cm³/mol. The number of hydrogen-bond acceptors (Lipinski definition) is 4. The van der Waals surface area contributed by atoms with Crippen LogP contribution >= 0.6 is 10.0 Å². The van der Waals surface area contributed by atoms with Gasteiger partial charge in [0.2, 0.25) is 0 Å². The Kier molecular flexibility index (Phi) is 3.97. The monoisotopic (exact) mass is 318 g/mol. The fraction of sp³-hybridized carbons (Fsp3) is 0.375. The zero-order valence-corrected chi connectivity index (χ0v) is 14.1. The fourth-order valence-electron chi connectivity index (χ4n) is 2.43. The molecule has 0 amide bonds. The van der Waals surface area contributed by atoms with Gasteiger partial charge in [0.15, 0.2) is 0 Å². The minimum atomic E-state index is -0.535. The maximum atomic E-state index is 5.89. The molecular weight excluding hydrogens is 296 g/mol. The summed E-state index contributed by atoms with van der Waals surface area (Å²) < 4.78 is 7.95. The molecule has 118 valence electrons. The molecule has 0 spiro atoms. The van der Waals surface area contributed by atoms with Gasteiger partial charge in [0.05, 0.1) is 18.3 Å². The normalized spacial score (nSPS) is 13.0. The summed E-state index contributed by atoms with van der Waals surface area (Å²) in [5, 5.41) is 2.15. The molecule has 3 rings (SSSR count). The Balaban J connectivity index is 1.93. The number of ether oxygens (including phenoxy) is 1. The summed E-state index contributed by atoms with van der Waals surface area (Å²) in [5.74, 6) is 1.62. The van der Waals surface area contributed by atoms with E-state index in [1.807, 2.05) is 12.1 Å². The van der Waals surface area contributed by atoms with Gasteiger partial charge in [0.25, 0.3) is 0 Å². The van der Waals surface area contributed by atoms with Crippen LogP contribution in [0, 0.1) is 0 Å². The van der Waals surface area contributed by atoms with Crippen molar-refractivity contribution in [1.82, 2.24) is 14.5 Å². The molecule has 0 saturated carbocycles. The van der Waals surface area contributed by atoms with Crippen molar-refractivity contribution in [3.05, 3.63) is 30.6 Å². The van der Waals surface area contributed by atoms with Crippen LogP contribution in [0.4, 0.5) is 5.82 Å². The van der Waals surface area contributed by atoms with Crippen LogP contribution in [0.2, 0.25) is 0 Å². The SMILES string of the molecule is CS(C)(C)CCOCn1c2cnc(N)cc2c2cccnc21. The van der Waals surface area contributed by atoms with E-state index in [4.69, 9.17) is 10.5 Å². The highest BCUT2D eigenvalue weighted by atomic mass is 32.3. The lowest BCUT2D eigenvalue weighted by Crippen LogP contribution is -2.10. The van der Waals surface area contributed by atoms with E-state index >= 15 is 0 Å². The van der Waals surface area contributed by atoms with Gasteiger partial charge >= 0.3 is 0 Å². The quantitative estimate of drug-likeness (QED) is 0.735. The number of nitrogens with zero attached hydrogens (tertiary/aromatic N) is 3. The molecule has 0 saturated heterocycles. The van der Waals surface area contributed by atoms with Crippen molar-refractivity contribution in [2.75, 3.05) is 36.9 Å². The van der Waals surface area contributed by atoms with Crippen LogP contribution < -0.4 is 5.73 Å². The summed E-state index contributed by atoms with van der Waals surface area (Å²) in [6.45, 7) is 1.24. The third kappa shape index (κ3) is 3.03. The molecule has 0 unspecified atom stereocenters. The van der Waals surface area contributed by atoms with Gasteiger partial charge in [0.1, 0.15) is 18.2 Å². The molecule has 3 aromatic heterocycles. The van der Waals surface area contributed by atoms with Gasteiger partial charge in [-0.15, -0.1) is 0 Å². The van der Waals surface area contributed by atoms with Crippen molar-refractivity contribution in [3.8, 4) is 0 Å². The zero-order chi connectivity index (χ0) is 15.7. The first-order valence-electron chi connectivity index (χ1n) is 7.18. The molecule has 22 heavy (non-hydrogen) atoms.